The zero-order valence-electron chi connectivity index (χ0n) is 9.25. The number of hydrogen-bond acceptors (Lipinski definition) is 3. The van der Waals surface area contributed by atoms with E-state index in [2.05, 4.69) is 18.0 Å². The van der Waals surface area contributed by atoms with Gasteiger partial charge in [-0.05, 0) is 30.7 Å². The summed E-state index contributed by atoms with van der Waals surface area (Å²) in [6.45, 7) is 2.05. The molecule has 0 radical (unpaired) electrons. The fraction of sp³-hybridized carbons (Fsp3) is 0.0769. The van der Waals surface area contributed by atoms with Crippen LogP contribution < -0.4 is 4.73 Å². The Morgan fingerprint density at radius 1 is 1.24 bits per heavy atom. The van der Waals surface area contributed by atoms with E-state index in [0.717, 1.165) is 20.0 Å². The number of aromatic nitrogens is 2. The van der Waals surface area contributed by atoms with Crippen LogP contribution in [0.2, 0.25) is 0 Å². The van der Waals surface area contributed by atoms with E-state index in [0.29, 0.717) is 5.69 Å². The van der Waals surface area contributed by atoms with Crippen LogP contribution in [0.25, 0.3) is 20.9 Å². The molecule has 17 heavy (non-hydrogen) atoms. The topological polar surface area (TPSA) is 39.8 Å². The van der Waals surface area contributed by atoms with Crippen LogP contribution in [0, 0.1) is 12.1 Å². The molecule has 2 aromatic heterocycles. The fourth-order valence-electron chi connectivity index (χ4n) is 1.74. The van der Waals surface area contributed by atoms with Crippen LogP contribution in [0.5, 0.6) is 0 Å². The minimum absolute atomic E-state index is 0.603. The lowest BCUT2D eigenvalue weighted by molar-refractivity contribution is -0.593. The molecule has 0 saturated carbocycles. The van der Waals surface area contributed by atoms with Crippen molar-refractivity contribution in [2.24, 2.45) is 0 Å². The highest BCUT2D eigenvalue weighted by Crippen LogP contribution is 2.28. The average Bonchev–Trinajstić information content (AvgIpc) is 2.72. The lowest BCUT2D eigenvalue weighted by Gasteiger charge is -1.98. The molecule has 1 aromatic carbocycles. The van der Waals surface area contributed by atoms with E-state index in [1.54, 1.807) is 23.5 Å². The summed E-state index contributed by atoms with van der Waals surface area (Å²) >= 11 is 1.55. The molecule has 84 valence electrons. The van der Waals surface area contributed by atoms with E-state index in [1.807, 2.05) is 18.2 Å². The smallest absolute Gasteiger partial charge is 0.252 e. The molecule has 0 saturated heterocycles. The maximum Gasteiger partial charge on any atom is 0.252 e. The first-order valence-corrected chi connectivity index (χ1v) is 6.11. The van der Waals surface area contributed by atoms with Gasteiger partial charge in [0.05, 0.1) is 10.2 Å². The standard InChI is InChI=1S/C13H10N2OS/c1-9-5-6-10-12(8-9)17-13(14-10)11-4-2-3-7-15(11)16/h2-8H,1H3. The first-order valence-electron chi connectivity index (χ1n) is 5.30. The first kappa shape index (κ1) is 10.2. The van der Waals surface area contributed by atoms with Crippen LogP contribution in [-0.4, -0.2) is 4.98 Å². The molecule has 3 aromatic rings. The third kappa shape index (κ3) is 1.76. The highest BCUT2D eigenvalue weighted by Gasteiger charge is 2.13. The zero-order chi connectivity index (χ0) is 11.8. The molecule has 4 heteroatoms. The Morgan fingerprint density at radius 3 is 2.94 bits per heavy atom. The maximum atomic E-state index is 11.6. The number of benzene rings is 1. The van der Waals surface area contributed by atoms with Gasteiger partial charge in [-0.25, -0.2) is 4.98 Å². The van der Waals surface area contributed by atoms with Gasteiger partial charge in [-0.2, -0.15) is 4.73 Å². The SMILES string of the molecule is Cc1ccc2nc(-c3cccc[n+]3[O-])sc2c1. The van der Waals surface area contributed by atoms with E-state index in [1.165, 1.54) is 11.8 Å². The predicted molar refractivity (Wildman–Crippen MR) is 68.8 cm³/mol. The molecule has 0 amide bonds. The number of pyridine rings is 1. The van der Waals surface area contributed by atoms with Crippen molar-refractivity contribution < 1.29 is 4.73 Å². The second kappa shape index (κ2) is 3.82. The van der Waals surface area contributed by atoms with Crippen molar-refractivity contribution in [1.29, 1.82) is 0 Å². The molecule has 0 spiro atoms. The Balaban J connectivity index is 2.22. The fourth-order valence-corrected chi connectivity index (χ4v) is 2.81. The highest BCUT2D eigenvalue weighted by molar-refractivity contribution is 7.21. The lowest BCUT2D eigenvalue weighted by Crippen LogP contribution is -2.27. The van der Waals surface area contributed by atoms with Crippen molar-refractivity contribution in [2.45, 2.75) is 6.92 Å². The van der Waals surface area contributed by atoms with Gasteiger partial charge in [0.25, 0.3) is 5.69 Å². The highest BCUT2D eigenvalue weighted by atomic mass is 32.1. The average molecular weight is 242 g/mol. The van der Waals surface area contributed by atoms with Gasteiger partial charge in [-0.15, -0.1) is 11.3 Å². The molecule has 0 N–H and O–H groups in total. The number of thiazole rings is 1. The zero-order valence-corrected chi connectivity index (χ0v) is 10.1. The molecule has 0 atom stereocenters. The molecule has 0 aliphatic heterocycles. The van der Waals surface area contributed by atoms with Crippen LogP contribution in [0.15, 0.2) is 42.6 Å². The van der Waals surface area contributed by atoms with Crippen LogP contribution >= 0.6 is 11.3 Å². The molecule has 3 nitrogen and oxygen atoms in total. The molecule has 2 heterocycles. The number of nitrogens with zero attached hydrogens (tertiary/aromatic N) is 2. The lowest BCUT2D eigenvalue weighted by atomic mass is 10.2. The maximum absolute atomic E-state index is 11.6. The van der Waals surface area contributed by atoms with Crippen LogP contribution in [0.4, 0.5) is 0 Å². The minimum atomic E-state index is 0.603. The van der Waals surface area contributed by atoms with Crippen molar-refractivity contribution in [3.63, 3.8) is 0 Å². The van der Waals surface area contributed by atoms with Gasteiger partial charge in [0.1, 0.15) is 0 Å². The number of fused-ring (bicyclic) bond motifs is 1. The van der Waals surface area contributed by atoms with E-state index in [9.17, 15) is 5.21 Å². The van der Waals surface area contributed by atoms with E-state index in [4.69, 9.17) is 0 Å². The summed E-state index contributed by atoms with van der Waals surface area (Å²) in [6.07, 6.45) is 1.49. The largest absolute Gasteiger partial charge is 0.618 e. The van der Waals surface area contributed by atoms with Crippen molar-refractivity contribution >= 4 is 21.6 Å². The molecular formula is C13H10N2OS. The molecule has 0 aliphatic carbocycles. The molecule has 3 rings (SSSR count). The van der Waals surface area contributed by atoms with E-state index in [-0.39, 0.29) is 0 Å². The minimum Gasteiger partial charge on any atom is -0.618 e. The number of rotatable bonds is 1. The van der Waals surface area contributed by atoms with Gasteiger partial charge >= 0.3 is 0 Å². The monoisotopic (exact) mass is 242 g/mol. The van der Waals surface area contributed by atoms with Crippen molar-refractivity contribution in [3.8, 4) is 10.7 Å². The summed E-state index contributed by atoms with van der Waals surface area (Å²) in [7, 11) is 0. The van der Waals surface area contributed by atoms with Crippen molar-refractivity contribution in [2.75, 3.05) is 0 Å². The normalized spacial score (nSPS) is 10.9. The summed E-state index contributed by atoms with van der Waals surface area (Å²) in [5.41, 5.74) is 2.75. The Kier molecular flexibility index (Phi) is 2.30. The van der Waals surface area contributed by atoms with Gasteiger partial charge in [-0.3, -0.25) is 0 Å². The van der Waals surface area contributed by atoms with Gasteiger partial charge in [-0.1, -0.05) is 6.07 Å². The van der Waals surface area contributed by atoms with Gasteiger partial charge < -0.3 is 5.21 Å². The summed E-state index contributed by atoms with van der Waals surface area (Å²) in [4.78, 5) is 4.48. The Labute approximate surface area is 103 Å². The van der Waals surface area contributed by atoms with Crippen LogP contribution in [0.3, 0.4) is 0 Å². The molecule has 0 fully saturated rings. The summed E-state index contributed by atoms with van der Waals surface area (Å²) in [5, 5.41) is 12.4. The number of hydrogen-bond donors (Lipinski definition) is 0. The van der Waals surface area contributed by atoms with Crippen LogP contribution in [-0.2, 0) is 0 Å². The molecule has 0 unspecified atom stereocenters. The third-order valence-electron chi connectivity index (χ3n) is 2.59. The summed E-state index contributed by atoms with van der Waals surface area (Å²) in [5.74, 6) is 0. The van der Waals surface area contributed by atoms with Crippen LogP contribution in [0.1, 0.15) is 5.56 Å². The van der Waals surface area contributed by atoms with Gasteiger partial charge in [0.15, 0.2) is 11.2 Å². The quantitative estimate of drug-likeness (QED) is 0.486. The Hall–Kier alpha value is -1.94. The van der Waals surface area contributed by atoms with Gasteiger partial charge in [0, 0.05) is 12.1 Å². The second-order valence-electron chi connectivity index (χ2n) is 3.90. The molecular weight excluding hydrogens is 232 g/mol. The van der Waals surface area contributed by atoms with Crippen molar-refractivity contribution in [3.05, 3.63) is 53.4 Å². The first-order chi connectivity index (χ1) is 8.24. The third-order valence-corrected chi connectivity index (χ3v) is 3.63. The number of aryl methyl sites for hydroxylation is 1. The molecule has 0 bridgehead atoms. The predicted octanol–water partition coefficient (Wildman–Crippen LogP) is 2.91. The van der Waals surface area contributed by atoms with Gasteiger partial charge in [0.2, 0.25) is 0 Å². The van der Waals surface area contributed by atoms with Crippen molar-refractivity contribution in [1.82, 2.24) is 4.98 Å². The second-order valence-corrected chi connectivity index (χ2v) is 4.93. The Bertz CT molecular complexity index is 691. The van der Waals surface area contributed by atoms with E-state index < -0.39 is 0 Å². The summed E-state index contributed by atoms with van der Waals surface area (Å²) < 4.78 is 1.97. The van der Waals surface area contributed by atoms with E-state index >= 15 is 0 Å². The Morgan fingerprint density at radius 2 is 2.12 bits per heavy atom. The summed E-state index contributed by atoms with van der Waals surface area (Å²) in [6, 6.07) is 11.5. The molecule has 0 aliphatic rings.